The van der Waals surface area contributed by atoms with Gasteiger partial charge in [-0.1, -0.05) is 30.3 Å². The lowest BCUT2D eigenvalue weighted by molar-refractivity contribution is -0.136. The zero-order chi connectivity index (χ0) is 17.9. The standard InChI is InChI=1S/C18H15F3N4/c1-12-11-16(24-15-10-6-5-9-14(15)18(19,20)21)25-17(22-12)23-13-7-3-2-4-8-13/h2-11H,1H3,(H2,22,23,24,25). The summed E-state index contributed by atoms with van der Waals surface area (Å²) < 4.78 is 39.3. The lowest BCUT2D eigenvalue weighted by atomic mass is 10.1. The van der Waals surface area contributed by atoms with E-state index in [-0.39, 0.29) is 11.5 Å². The third kappa shape index (κ3) is 4.26. The SMILES string of the molecule is Cc1cc(Nc2ccccc2C(F)(F)F)nc(Nc2ccccc2)n1. The maximum atomic E-state index is 13.1. The Hall–Kier alpha value is -3.09. The first-order chi connectivity index (χ1) is 11.9. The minimum atomic E-state index is -4.45. The van der Waals surface area contributed by atoms with E-state index < -0.39 is 11.7 Å². The summed E-state index contributed by atoms with van der Waals surface area (Å²) in [5.41, 5.74) is 0.609. The van der Waals surface area contributed by atoms with Gasteiger partial charge in [-0.15, -0.1) is 0 Å². The van der Waals surface area contributed by atoms with E-state index >= 15 is 0 Å². The Morgan fingerprint density at radius 2 is 1.52 bits per heavy atom. The molecule has 1 aromatic heterocycles. The maximum absolute atomic E-state index is 13.1. The van der Waals surface area contributed by atoms with Gasteiger partial charge in [0.1, 0.15) is 5.82 Å². The molecule has 128 valence electrons. The monoisotopic (exact) mass is 344 g/mol. The summed E-state index contributed by atoms with van der Waals surface area (Å²) in [6.07, 6.45) is -4.45. The summed E-state index contributed by atoms with van der Waals surface area (Å²) >= 11 is 0. The quantitative estimate of drug-likeness (QED) is 0.675. The van der Waals surface area contributed by atoms with Crippen molar-refractivity contribution in [2.75, 3.05) is 10.6 Å². The number of anilines is 4. The van der Waals surface area contributed by atoms with Gasteiger partial charge in [0.2, 0.25) is 5.95 Å². The van der Waals surface area contributed by atoms with Crippen LogP contribution < -0.4 is 10.6 Å². The van der Waals surface area contributed by atoms with Crippen LogP contribution in [0.25, 0.3) is 0 Å². The summed E-state index contributed by atoms with van der Waals surface area (Å²) in [6, 6.07) is 16.1. The molecule has 0 atom stereocenters. The van der Waals surface area contributed by atoms with Crippen LogP contribution >= 0.6 is 0 Å². The van der Waals surface area contributed by atoms with Crippen LogP contribution in [0, 0.1) is 6.92 Å². The molecule has 0 saturated heterocycles. The smallest absolute Gasteiger partial charge is 0.340 e. The van der Waals surface area contributed by atoms with Gasteiger partial charge < -0.3 is 10.6 Å². The molecule has 2 aromatic carbocycles. The number of aromatic nitrogens is 2. The van der Waals surface area contributed by atoms with Crippen molar-refractivity contribution in [2.24, 2.45) is 0 Å². The minimum absolute atomic E-state index is 0.0567. The average Bonchev–Trinajstić information content (AvgIpc) is 2.55. The number of nitrogens with zero attached hydrogens (tertiary/aromatic N) is 2. The Balaban J connectivity index is 1.89. The number of hydrogen-bond donors (Lipinski definition) is 2. The molecular weight excluding hydrogens is 329 g/mol. The molecule has 4 nitrogen and oxygen atoms in total. The van der Waals surface area contributed by atoms with Crippen molar-refractivity contribution in [1.29, 1.82) is 0 Å². The van der Waals surface area contributed by atoms with Crippen molar-refractivity contribution < 1.29 is 13.2 Å². The molecule has 0 aliphatic heterocycles. The Labute approximate surface area is 142 Å². The van der Waals surface area contributed by atoms with Crippen molar-refractivity contribution in [3.8, 4) is 0 Å². The predicted octanol–water partition coefficient (Wildman–Crippen LogP) is 5.29. The minimum Gasteiger partial charge on any atom is -0.340 e. The second kappa shape index (κ2) is 6.80. The van der Waals surface area contributed by atoms with Crippen LogP contribution in [0.5, 0.6) is 0 Å². The third-order valence-corrected chi connectivity index (χ3v) is 3.38. The highest BCUT2D eigenvalue weighted by Crippen LogP contribution is 2.35. The molecule has 7 heteroatoms. The van der Waals surface area contributed by atoms with Crippen molar-refractivity contribution in [3.05, 3.63) is 71.9 Å². The van der Waals surface area contributed by atoms with E-state index in [4.69, 9.17) is 0 Å². The van der Waals surface area contributed by atoms with Crippen LogP contribution in [0.4, 0.5) is 36.3 Å². The van der Waals surface area contributed by atoms with Gasteiger partial charge >= 0.3 is 6.18 Å². The molecule has 0 amide bonds. The third-order valence-electron chi connectivity index (χ3n) is 3.38. The molecule has 3 aromatic rings. The fourth-order valence-electron chi connectivity index (χ4n) is 2.32. The lowest BCUT2D eigenvalue weighted by Crippen LogP contribution is -2.09. The first-order valence-corrected chi connectivity index (χ1v) is 7.53. The van der Waals surface area contributed by atoms with Gasteiger partial charge in [-0.2, -0.15) is 18.2 Å². The highest BCUT2D eigenvalue weighted by molar-refractivity contribution is 5.63. The lowest BCUT2D eigenvalue weighted by Gasteiger charge is -2.15. The summed E-state index contributed by atoms with van der Waals surface area (Å²) in [4.78, 5) is 8.50. The Morgan fingerprint density at radius 1 is 0.840 bits per heavy atom. The van der Waals surface area contributed by atoms with Gasteiger partial charge in [0.15, 0.2) is 0 Å². The molecule has 25 heavy (non-hydrogen) atoms. The molecular formula is C18H15F3N4. The van der Waals surface area contributed by atoms with Crippen LogP contribution in [-0.2, 0) is 6.18 Å². The molecule has 0 fully saturated rings. The zero-order valence-electron chi connectivity index (χ0n) is 13.3. The predicted molar refractivity (Wildman–Crippen MR) is 91.2 cm³/mol. The number of nitrogens with one attached hydrogen (secondary N) is 2. The highest BCUT2D eigenvalue weighted by Gasteiger charge is 2.33. The first-order valence-electron chi connectivity index (χ1n) is 7.53. The van der Waals surface area contributed by atoms with Gasteiger partial charge in [0.05, 0.1) is 11.3 Å². The van der Waals surface area contributed by atoms with Gasteiger partial charge in [-0.05, 0) is 31.2 Å². The zero-order valence-corrected chi connectivity index (χ0v) is 13.3. The number of rotatable bonds is 4. The fraction of sp³-hybridized carbons (Fsp3) is 0.111. The number of alkyl halides is 3. The van der Waals surface area contributed by atoms with E-state index in [1.54, 1.807) is 13.0 Å². The Kier molecular flexibility index (Phi) is 4.56. The van der Waals surface area contributed by atoms with Crippen LogP contribution in [0.15, 0.2) is 60.7 Å². The summed E-state index contributed by atoms with van der Waals surface area (Å²) in [6.45, 7) is 1.75. The van der Waals surface area contributed by atoms with E-state index in [2.05, 4.69) is 20.6 Å². The number of halogens is 3. The second-order valence-electron chi connectivity index (χ2n) is 5.38. The van der Waals surface area contributed by atoms with Gasteiger partial charge in [0, 0.05) is 17.4 Å². The Bertz CT molecular complexity index is 864. The number of para-hydroxylation sites is 2. The molecule has 3 rings (SSSR count). The van der Waals surface area contributed by atoms with E-state index in [1.165, 1.54) is 18.2 Å². The maximum Gasteiger partial charge on any atom is 0.418 e. The van der Waals surface area contributed by atoms with Crippen LogP contribution in [-0.4, -0.2) is 9.97 Å². The summed E-state index contributed by atoms with van der Waals surface area (Å²) in [5.74, 6) is 0.584. The van der Waals surface area contributed by atoms with Crippen LogP contribution in [0.1, 0.15) is 11.3 Å². The molecule has 0 aliphatic rings. The second-order valence-corrected chi connectivity index (χ2v) is 5.38. The topological polar surface area (TPSA) is 49.8 Å². The summed E-state index contributed by atoms with van der Waals surface area (Å²) in [7, 11) is 0. The largest absolute Gasteiger partial charge is 0.418 e. The van der Waals surface area contributed by atoms with Crippen molar-refractivity contribution in [2.45, 2.75) is 13.1 Å². The number of aryl methyl sites for hydroxylation is 1. The Morgan fingerprint density at radius 3 is 2.24 bits per heavy atom. The number of hydrogen-bond acceptors (Lipinski definition) is 4. The number of benzene rings is 2. The molecule has 0 radical (unpaired) electrons. The average molecular weight is 344 g/mol. The van der Waals surface area contributed by atoms with Crippen molar-refractivity contribution in [3.63, 3.8) is 0 Å². The van der Waals surface area contributed by atoms with Gasteiger partial charge in [-0.25, -0.2) is 4.98 Å². The first kappa shape index (κ1) is 16.8. The normalized spacial score (nSPS) is 11.2. The molecule has 2 N–H and O–H groups in total. The fourth-order valence-corrected chi connectivity index (χ4v) is 2.32. The molecule has 0 saturated carbocycles. The van der Waals surface area contributed by atoms with E-state index in [0.717, 1.165) is 11.8 Å². The molecule has 0 unspecified atom stereocenters. The molecule has 0 bridgehead atoms. The molecule has 0 spiro atoms. The van der Waals surface area contributed by atoms with E-state index in [0.29, 0.717) is 11.6 Å². The molecule has 0 aliphatic carbocycles. The van der Waals surface area contributed by atoms with Gasteiger partial charge in [-0.3, -0.25) is 0 Å². The van der Waals surface area contributed by atoms with Crippen molar-refractivity contribution >= 4 is 23.1 Å². The molecule has 1 heterocycles. The van der Waals surface area contributed by atoms with Crippen LogP contribution in [0.3, 0.4) is 0 Å². The van der Waals surface area contributed by atoms with Crippen molar-refractivity contribution in [1.82, 2.24) is 9.97 Å². The summed E-state index contributed by atoms with van der Waals surface area (Å²) in [5, 5.41) is 5.77. The van der Waals surface area contributed by atoms with Crippen LogP contribution in [0.2, 0.25) is 0 Å². The highest BCUT2D eigenvalue weighted by atomic mass is 19.4. The van der Waals surface area contributed by atoms with E-state index in [9.17, 15) is 13.2 Å². The van der Waals surface area contributed by atoms with Gasteiger partial charge in [0.25, 0.3) is 0 Å². The van der Waals surface area contributed by atoms with E-state index in [1.807, 2.05) is 30.3 Å².